The van der Waals surface area contributed by atoms with E-state index >= 15 is 0 Å². The number of carbonyl (C=O) groups is 1. The first-order valence-electron chi connectivity index (χ1n) is 6.12. The van der Waals surface area contributed by atoms with Gasteiger partial charge in [0, 0.05) is 17.6 Å². The van der Waals surface area contributed by atoms with Gasteiger partial charge in [0.2, 0.25) is 0 Å². The zero-order chi connectivity index (χ0) is 13.9. The van der Waals surface area contributed by atoms with Crippen LogP contribution in [0.15, 0.2) is 6.07 Å². The molecule has 0 saturated carbocycles. The van der Waals surface area contributed by atoms with Gasteiger partial charge in [-0.25, -0.2) is 9.97 Å². The van der Waals surface area contributed by atoms with E-state index in [1.165, 1.54) is 0 Å². The molecule has 0 aliphatic heterocycles. The summed E-state index contributed by atoms with van der Waals surface area (Å²) in [7, 11) is 0. The van der Waals surface area contributed by atoms with Gasteiger partial charge in [-0.05, 0) is 41.5 Å². The first-order valence-corrected chi connectivity index (χ1v) is 6.12. The van der Waals surface area contributed by atoms with E-state index in [0.717, 1.165) is 0 Å². The summed E-state index contributed by atoms with van der Waals surface area (Å²) in [6.45, 7) is 11.7. The number of amides is 1. The minimum atomic E-state index is -0.174. The van der Waals surface area contributed by atoms with E-state index in [4.69, 9.17) is 0 Å². The van der Waals surface area contributed by atoms with Crippen LogP contribution in [0.1, 0.15) is 50.9 Å². The monoisotopic (exact) mass is 250 g/mol. The summed E-state index contributed by atoms with van der Waals surface area (Å²) < 4.78 is 0. The van der Waals surface area contributed by atoms with Crippen LogP contribution in [-0.4, -0.2) is 27.5 Å². The Bertz CT molecular complexity index is 435. The standard InChI is InChI=1S/C13H22N4O/c1-8(2)14-12(18)10-7-11(16-9(3)15-10)17-13(4,5)6/h7-8H,1-6H3,(H,14,18)(H,15,16,17). The molecule has 0 atom stereocenters. The number of carbonyl (C=O) groups excluding carboxylic acids is 1. The van der Waals surface area contributed by atoms with E-state index in [1.54, 1.807) is 13.0 Å². The highest BCUT2D eigenvalue weighted by molar-refractivity contribution is 5.93. The minimum absolute atomic E-state index is 0.0896. The van der Waals surface area contributed by atoms with Crippen molar-refractivity contribution in [1.29, 1.82) is 0 Å². The molecule has 5 heteroatoms. The first kappa shape index (κ1) is 14.4. The highest BCUT2D eigenvalue weighted by atomic mass is 16.1. The van der Waals surface area contributed by atoms with Gasteiger partial charge in [-0.15, -0.1) is 0 Å². The van der Waals surface area contributed by atoms with Crippen molar-refractivity contribution in [3.63, 3.8) is 0 Å². The molecule has 0 aromatic carbocycles. The lowest BCUT2D eigenvalue weighted by molar-refractivity contribution is 0.0937. The SMILES string of the molecule is Cc1nc(NC(C)(C)C)cc(C(=O)NC(C)C)n1. The molecule has 1 aromatic heterocycles. The molecule has 5 nitrogen and oxygen atoms in total. The molecule has 1 amide bonds. The van der Waals surface area contributed by atoms with Gasteiger partial charge in [0.25, 0.3) is 5.91 Å². The van der Waals surface area contributed by atoms with Gasteiger partial charge in [-0.3, -0.25) is 4.79 Å². The van der Waals surface area contributed by atoms with Crippen molar-refractivity contribution < 1.29 is 4.79 Å². The van der Waals surface area contributed by atoms with Crippen LogP contribution >= 0.6 is 0 Å². The van der Waals surface area contributed by atoms with Crippen molar-refractivity contribution in [2.75, 3.05) is 5.32 Å². The molecule has 0 spiro atoms. The van der Waals surface area contributed by atoms with Crippen LogP contribution < -0.4 is 10.6 Å². The van der Waals surface area contributed by atoms with Crippen molar-refractivity contribution in [1.82, 2.24) is 15.3 Å². The van der Waals surface area contributed by atoms with Crippen LogP contribution in [0.3, 0.4) is 0 Å². The van der Waals surface area contributed by atoms with E-state index in [2.05, 4.69) is 20.6 Å². The number of aromatic nitrogens is 2. The maximum Gasteiger partial charge on any atom is 0.270 e. The van der Waals surface area contributed by atoms with E-state index in [-0.39, 0.29) is 17.5 Å². The maximum absolute atomic E-state index is 11.9. The van der Waals surface area contributed by atoms with Crippen LogP contribution in [0.25, 0.3) is 0 Å². The van der Waals surface area contributed by atoms with Gasteiger partial charge in [0.15, 0.2) is 0 Å². The second-order valence-corrected chi connectivity index (χ2v) is 5.69. The number of nitrogens with one attached hydrogen (secondary N) is 2. The van der Waals surface area contributed by atoms with Crippen molar-refractivity contribution >= 4 is 11.7 Å². The number of aryl methyl sites for hydroxylation is 1. The molecule has 0 saturated heterocycles. The van der Waals surface area contributed by atoms with E-state index < -0.39 is 0 Å². The molecule has 2 N–H and O–H groups in total. The Kier molecular flexibility index (Phi) is 4.27. The Morgan fingerprint density at radius 1 is 1.28 bits per heavy atom. The normalized spacial score (nSPS) is 11.5. The van der Waals surface area contributed by atoms with E-state index in [9.17, 15) is 4.79 Å². The number of anilines is 1. The predicted molar refractivity (Wildman–Crippen MR) is 72.7 cm³/mol. The summed E-state index contributed by atoms with van der Waals surface area (Å²) in [5.74, 6) is 1.08. The quantitative estimate of drug-likeness (QED) is 0.862. The molecule has 0 aliphatic carbocycles. The molecule has 1 heterocycles. The average molecular weight is 250 g/mol. The Morgan fingerprint density at radius 2 is 1.89 bits per heavy atom. The molecule has 1 aromatic rings. The summed E-state index contributed by atoms with van der Waals surface area (Å²) in [6.07, 6.45) is 0. The van der Waals surface area contributed by atoms with Crippen LogP contribution in [-0.2, 0) is 0 Å². The molecule has 100 valence electrons. The zero-order valence-corrected chi connectivity index (χ0v) is 12.0. The van der Waals surface area contributed by atoms with Gasteiger partial charge in [-0.1, -0.05) is 0 Å². The highest BCUT2D eigenvalue weighted by Gasteiger charge is 2.15. The first-order chi connectivity index (χ1) is 8.17. The second-order valence-electron chi connectivity index (χ2n) is 5.69. The fraction of sp³-hybridized carbons (Fsp3) is 0.615. The number of rotatable bonds is 3. The average Bonchev–Trinajstić information content (AvgIpc) is 2.12. The molecule has 0 bridgehead atoms. The van der Waals surface area contributed by atoms with Crippen molar-refractivity contribution in [2.24, 2.45) is 0 Å². The fourth-order valence-corrected chi connectivity index (χ4v) is 1.47. The third kappa shape index (κ3) is 4.69. The van der Waals surface area contributed by atoms with Crippen LogP contribution in [0.2, 0.25) is 0 Å². The molecule has 0 unspecified atom stereocenters. The zero-order valence-electron chi connectivity index (χ0n) is 12.0. The van der Waals surface area contributed by atoms with Gasteiger partial charge in [0.1, 0.15) is 17.3 Å². The molecule has 0 aliphatic rings. The van der Waals surface area contributed by atoms with Crippen LogP contribution in [0.5, 0.6) is 0 Å². The van der Waals surface area contributed by atoms with Crippen molar-refractivity contribution in [2.45, 2.75) is 53.1 Å². The molecule has 0 fully saturated rings. The van der Waals surface area contributed by atoms with Gasteiger partial charge < -0.3 is 10.6 Å². The van der Waals surface area contributed by atoms with Crippen molar-refractivity contribution in [3.8, 4) is 0 Å². The molecule has 18 heavy (non-hydrogen) atoms. The summed E-state index contributed by atoms with van der Waals surface area (Å²) >= 11 is 0. The third-order valence-electron chi connectivity index (χ3n) is 1.99. The van der Waals surface area contributed by atoms with Crippen LogP contribution in [0, 0.1) is 6.92 Å². The lowest BCUT2D eigenvalue weighted by Gasteiger charge is -2.21. The van der Waals surface area contributed by atoms with Gasteiger partial charge in [-0.2, -0.15) is 0 Å². The largest absolute Gasteiger partial charge is 0.365 e. The topological polar surface area (TPSA) is 66.9 Å². The highest BCUT2D eigenvalue weighted by Crippen LogP contribution is 2.13. The lowest BCUT2D eigenvalue weighted by atomic mass is 10.1. The Balaban J connectivity index is 2.97. The number of hydrogen-bond donors (Lipinski definition) is 2. The summed E-state index contributed by atoms with van der Waals surface area (Å²) in [6, 6.07) is 1.77. The molecule has 1 rings (SSSR count). The molecule has 0 radical (unpaired) electrons. The van der Waals surface area contributed by atoms with E-state index in [0.29, 0.717) is 17.3 Å². The summed E-state index contributed by atoms with van der Waals surface area (Å²) in [5.41, 5.74) is 0.287. The fourth-order valence-electron chi connectivity index (χ4n) is 1.47. The summed E-state index contributed by atoms with van der Waals surface area (Å²) in [4.78, 5) is 20.3. The number of hydrogen-bond acceptors (Lipinski definition) is 4. The lowest BCUT2D eigenvalue weighted by Crippen LogP contribution is -2.32. The molecular formula is C13H22N4O. The summed E-state index contributed by atoms with van der Waals surface area (Å²) in [5, 5.41) is 6.06. The third-order valence-corrected chi connectivity index (χ3v) is 1.99. The predicted octanol–water partition coefficient (Wildman–Crippen LogP) is 2.13. The van der Waals surface area contributed by atoms with Gasteiger partial charge >= 0.3 is 0 Å². The second kappa shape index (κ2) is 5.33. The molecular weight excluding hydrogens is 228 g/mol. The maximum atomic E-state index is 11.9. The van der Waals surface area contributed by atoms with Crippen molar-refractivity contribution in [3.05, 3.63) is 17.6 Å². The van der Waals surface area contributed by atoms with Gasteiger partial charge in [0.05, 0.1) is 0 Å². The Labute approximate surface area is 108 Å². The number of nitrogens with zero attached hydrogens (tertiary/aromatic N) is 2. The minimum Gasteiger partial charge on any atom is -0.365 e. The Morgan fingerprint density at radius 3 is 2.39 bits per heavy atom. The van der Waals surface area contributed by atoms with Crippen LogP contribution in [0.4, 0.5) is 5.82 Å². The van der Waals surface area contributed by atoms with E-state index in [1.807, 2.05) is 34.6 Å². The smallest absolute Gasteiger partial charge is 0.270 e. The Hall–Kier alpha value is -1.65.